The largest absolute Gasteiger partial charge is 0.461 e. The number of allylic oxidation sites excluding steroid dienone is 2. The number of carbonyl (C=O) groups is 1. The lowest BCUT2D eigenvalue weighted by atomic mass is 9.86. The first-order valence-corrected chi connectivity index (χ1v) is 8.97. The number of hydrogen-bond donors (Lipinski definition) is 2. The van der Waals surface area contributed by atoms with Gasteiger partial charge in [0.05, 0.1) is 18.3 Å². The van der Waals surface area contributed by atoms with Crippen LogP contribution in [0.15, 0.2) is 54.8 Å². The van der Waals surface area contributed by atoms with Gasteiger partial charge in [0.25, 0.3) is 0 Å². The van der Waals surface area contributed by atoms with E-state index in [4.69, 9.17) is 4.74 Å². The zero-order chi connectivity index (χ0) is 19.7. The summed E-state index contributed by atoms with van der Waals surface area (Å²) in [5.74, 6) is -0.509. The molecule has 3 aromatic rings. The maximum Gasteiger partial charge on any atom is 0.356 e. The van der Waals surface area contributed by atoms with Gasteiger partial charge in [-0.25, -0.2) is 19.1 Å². The topological polar surface area (TPSA) is 84.4 Å². The minimum Gasteiger partial charge on any atom is -0.461 e. The van der Waals surface area contributed by atoms with E-state index in [9.17, 15) is 10.1 Å². The zero-order valence-corrected chi connectivity index (χ0v) is 15.2. The Labute approximate surface area is 160 Å². The van der Waals surface area contributed by atoms with Crippen LogP contribution in [-0.4, -0.2) is 33.4 Å². The molecule has 2 heterocycles. The van der Waals surface area contributed by atoms with Crippen LogP contribution >= 0.6 is 0 Å². The average molecular weight is 382 g/mol. The van der Waals surface area contributed by atoms with Crippen LogP contribution in [-0.2, 0) is 9.62 Å². The molecule has 7 heteroatoms. The minimum atomic E-state index is -1.58. The molecule has 2 unspecified atom stereocenters. The predicted octanol–water partition coefficient (Wildman–Crippen LogP) is 4.65. The molecule has 0 amide bonds. The lowest BCUT2D eigenvalue weighted by molar-refractivity contribution is -0.322. The van der Waals surface area contributed by atoms with Gasteiger partial charge in [0.2, 0.25) is 0 Å². The first-order valence-electron chi connectivity index (χ1n) is 8.97. The molecule has 0 radical (unpaired) electrons. The van der Waals surface area contributed by atoms with Crippen LogP contribution in [0.5, 0.6) is 0 Å². The number of aromatic nitrogens is 2. The highest BCUT2D eigenvalue weighted by atomic mass is 19.1. The molecule has 1 aliphatic carbocycles. The highest BCUT2D eigenvalue weighted by Gasteiger charge is 2.40. The Morgan fingerprint density at radius 3 is 2.86 bits per heavy atom. The Morgan fingerprint density at radius 1 is 1.32 bits per heavy atom. The molecule has 144 valence electrons. The fraction of sp³-hybridized carbons (Fsp3) is 0.238. The molecule has 1 aliphatic rings. The van der Waals surface area contributed by atoms with Gasteiger partial charge in [-0.2, -0.15) is 0 Å². The van der Waals surface area contributed by atoms with E-state index in [2.05, 4.69) is 14.9 Å². The SMILES string of the molecule is CCOC(=O)c1cc2c(cn1)[nH]c1ccc(C(F)C3(OO)C=CC=CC3)cc12. The highest BCUT2D eigenvalue weighted by molar-refractivity contribution is 6.08. The van der Waals surface area contributed by atoms with Crippen LogP contribution < -0.4 is 0 Å². The summed E-state index contributed by atoms with van der Waals surface area (Å²) in [4.78, 5) is 23.9. The number of pyridine rings is 1. The third kappa shape index (κ3) is 2.98. The third-order valence-electron chi connectivity index (χ3n) is 4.95. The standard InChI is InChI=1S/C21H19FN2O4/c1-2-27-20(25)17-11-15-14-10-13(6-7-16(14)24-18(15)12-23-17)19(22)21(28-26)8-4-3-5-9-21/h3-8,10-12,19,24,26H,2,9H2,1H3. The molecule has 4 rings (SSSR count). The number of esters is 1. The Hall–Kier alpha value is -3.03. The number of nitrogens with one attached hydrogen (secondary N) is 1. The van der Waals surface area contributed by atoms with Crippen molar-refractivity contribution in [3.63, 3.8) is 0 Å². The number of alkyl halides is 1. The molecule has 0 aliphatic heterocycles. The van der Waals surface area contributed by atoms with Gasteiger partial charge in [-0.15, -0.1) is 0 Å². The molecule has 0 saturated carbocycles. The lowest BCUT2D eigenvalue weighted by Crippen LogP contribution is -2.35. The second-order valence-electron chi connectivity index (χ2n) is 6.67. The molecule has 2 aromatic heterocycles. The van der Waals surface area contributed by atoms with Crippen LogP contribution in [0, 0.1) is 0 Å². The molecule has 2 N–H and O–H groups in total. The van der Waals surface area contributed by atoms with E-state index in [0.29, 0.717) is 5.56 Å². The van der Waals surface area contributed by atoms with E-state index in [1.165, 1.54) is 6.08 Å². The van der Waals surface area contributed by atoms with E-state index >= 15 is 4.39 Å². The number of benzene rings is 1. The van der Waals surface area contributed by atoms with E-state index in [-0.39, 0.29) is 18.7 Å². The van der Waals surface area contributed by atoms with Crippen molar-refractivity contribution in [2.24, 2.45) is 0 Å². The molecule has 2 atom stereocenters. The van der Waals surface area contributed by atoms with Crippen LogP contribution in [0.4, 0.5) is 4.39 Å². The van der Waals surface area contributed by atoms with Crippen LogP contribution in [0.25, 0.3) is 21.8 Å². The van der Waals surface area contributed by atoms with Gasteiger partial charge in [0.15, 0.2) is 11.8 Å². The zero-order valence-electron chi connectivity index (χ0n) is 15.2. The fourth-order valence-corrected chi connectivity index (χ4v) is 3.49. The van der Waals surface area contributed by atoms with Crippen LogP contribution in [0.1, 0.15) is 35.6 Å². The van der Waals surface area contributed by atoms with Gasteiger partial charge in [0, 0.05) is 22.7 Å². The van der Waals surface area contributed by atoms with Crippen molar-refractivity contribution in [2.45, 2.75) is 25.1 Å². The lowest BCUT2D eigenvalue weighted by Gasteiger charge is -2.31. The first-order chi connectivity index (χ1) is 13.6. The number of aromatic amines is 1. The van der Waals surface area contributed by atoms with Crippen molar-refractivity contribution in [1.82, 2.24) is 9.97 Å². The van der Waals surface area contributed by atoms with Crippen LogP contribution in [0.3, 0.4) is 0 Å². The molecule has 0 spiro atoms. The normalized spacial score (nSPS) is 20.0. The number of carbonyl (C=O) groups excluding carboxylic acids is 1. The van der Waals surface area contributed by atoms with Crippen molar-refractivity contribution in [3.05, 3.63) is 66.0 Å². The van der Waals surface area contributed by atoms with Crippen molar-refractivity contribution >= 4 is 27.8 Å². The Balaban J connectivity index is 1.80. The molecule has 0 fully saturated rings. The molecule has 0 saturated heterocycles. The first kappa shape index (κ1) is 18.3. The summed E-state index contributed by atoms with van der Waals surface area (Å²) in [6.07, 6.45) is 6.86. The maximum absolute atomic E-state index is 15.4. The van der Waals surface area contributed by atoms with Gasteiger partial charge < -0.3 is 9.72 Å². The summed E-state index contributed by atoms with van der Waals surface area (Å²) in [5, 5.41) is 10.9. The third-order valence-corrected chi connectivity index (χ3v) is 4.95. The highest BCUT2D eigenvalue weighted by Crippen LogP contribution is 2.40. The molecular formula is C21H19FN2O4. The number of nitrogens with zero attached hydrogens (tertiary/aromatic N) is 1. The molecule has 1 aromatic carbocycles. The summed E-state index contributed by atoms with van der Waals surface area (Å²) < 4.78 is 20.4. The molecule has 0 bridgehead atoms. The second kappa shape index (κ2) is 7.18. The number of H-pyrrole nitrogens is 1. The second-order valence-corrected chi connectivity index (χ2v) is 6.67. The number of rotatable bonds is 5. The van der Waals surface area contributed by atoms with E-state index in [1.54, 1.807) is 55.6 Å². The number of halogens is 1. The minimum absolute atomic E-state index is 0.188. The average Bonchev–Trinajstić information content (AvgIpc) is 3.11. The van der Waals surface area contributed by atoms with Crippen molar-refractivity contribution in [1.29, 1.82) is 0 Å². The summed E-state index contributed by atoms with van der Waals surface area (Å²) in [6.45, 7) is 1.98. The van der Waals surface area contributed by atoms with Crippen LogP contribution in [0.2, 0.25) is 0 Å². The van der Waals surface area contributed by atoms with E-state index in [0.717, 1.165) is 21.8 Å². The fourth-order valence-electron chi connectivity index (χ4n) is 3.49. The van der Waals surface area contributed by atoms with Gasteiger partial charge >= 0.3 is 5.97 Å². The van der Waals surface area contributed by atoms with Crippen molar-refractivity contribution < 1.29 is 24.1 Å². The quantitative estimate of drug-likeness (QED) is 0.381. The smallest absolute Gasteiger partial charge is 0.356 e. The number of hydrogen-bond acceptors (Lipinski definition) is 5. The Morgan fingerprint density at radius 2 is 2.14 bits per heavy atom. The molecular weight excluding hydrogens is 363 g/mol. The van der Waals surface area contributed by atoms with Crippen molar-refractivity contribution in [2.75, 3.05) is 6.61 Å². The summed E-state index contributed by atoms with van der Waals surface area (Å²) >= 11 is 0. The predicted molar refractivity (Wildman–Crippen MR) is 103 cm³/mol. The monoisotopic (exact) mass is 382 g/mol. The number of ether oxygens (including phenoxy) is 1. The van der Waals surface area contributed by atoms with E-state index < -0.39 is 17.7 Å². The van der Waals surface area contributed by atoms with Gasteiger partial charge in [0.1, 0.15) is 5.69 Å². The van der Waals surface area contributed by atoms with E-state index in [1.807, 2.05) is 0 Å². The molecule has 28 heavy (non-hydrogen) atoms. The summed E-state index contributed by atoms with van der Waals surface area (Å²) in [7, 11) is 0. The Bertz CT molecular complexity index is 1100. The maximum atomic E-state index is 15.4. The Kier molecular flexibility index (Phi) is 4.70. The van der Waals surface area contributed by atoms with Crippen molar-refractivity contribution in [3.8, 4) is 0 Å². The van der Waals surface area contributed by atoms with Gasteiger partial charge in [-0.1, -0.05) is 24.3 Å². The number of fused-ring (bicyclic) bond motifs is 3. The van der Waals surface area contributed by atoms with Gasteiger partial charge in [-0.05, 0) is 36.8 Å². The summed E-state index contributed by atoms with van der Waals surface area (Å²) in [6, 6.07) is 6.73. The summed E-state index contributed by atoms with van der Waals surface area (Å²) in [5.41, 5.74) is 0.590. The molecule has 6 nitrogen and oxygen atoms in total. The van der Waals surface area contributed by atoms with Gasteiger partial charge in [-0.3, -0.25) is 5.26 Å².